The van der Waals surface area contributed by atoms with Crippen molar-refractivity contribution < 1.29 is 0 Å². The third kappa shape index (κ3) is 2.98. The Bertz CT molecular complexity index is 565. The number of H-pyrrole nitrogens is 1. The monoisotopic (exact) mass is 290 g/mol. The maximum Gasteiger partial charge on any atom is 0.255 e. The van der Waals surface area contributed by atoms with Gasteiger partial charge in [0, 0.05) is 37.3 Å². The molecule has 5 nitrogen and oxygen atoms in total. The van der Waals surface area contributed by atoms with Crippen LogP contribution in [0.2, 0.25) is 0 Å². The van der Waals surface area contributed by atoms with Gasteiger partial charge >= 0.3 is 0 Å². The van der Waals surface area contributed by atoms with Gasteiger partial charge in [-0.25, -0.2) is 4.98 Å². The molecule has 1 saturated heterocycles. The molecule has 0 bridgehead atoms. The number of hydrogen-bond acceptors (Lipinski definition) is 4. The van der Waals surface area contributed by atoms with Gasteiger partial charge in [0.2, 0.25) is 5.95 Å². The minimum Gasteiger partial charge on any atom is -0.340 e. The maximum absolute atomic E-state index is 12.2. The van der Waals surface area contributed by atoms with Gasteiger partial charge in [0.1, 0.15) is 0 Å². The fourth-order valence-electron chi connectivity index (χ4n) is 3.33. The van der Waals surface area contributed by atoms with E-state index >= 15 is 0 Å². The fourth-order valence-corrected chi connectivity index (χ4v) is 3.33. The average molecular weight is 290 g/mol. The van der Waals surface area contributed by atoms with Gasteiger partial charge in [-0.05, 0) is 46.5 Å². The zero-order chi connectivity index (χ0) is 15.0. The molecule has 1 aliphatic heterocycles. The topological polar surface area (TPSA) is 52.2 Å². The predicted octanol–water partition coefficient (Wildman–Crippen LogP) is 1.57. The summed E-state index contributed by atoms with van der Waals surface area (Å²) in [6.45, 7) is 10.7. The number of piperazine rings is 1. The van der Waals surface area contributed by atoms with E-state index in [1.165, 1.54) is 0 Å². The van der Waals surface area contributed by atoms with Crippen molar-refractivity contribution in [3.8, 4) is 0 Å². The third-order valence-electron chi connectivity index (χ3n) is 4.71. The van der Waals surface area contributed by atoms with E-state index in [9.17, 15) is 4.79 Å². The molecular weight excluding hydrogens is 264 g/mol. The van der Waals surface area contributed by atoms with E-state index in [0.717, 1.165) is 69.1 Å². The van der Waals surface area contributed by atoms with Crippen molar-refractivity contribution in [3.63, 3.8) is 0 Å². The van der Waals surface area contributed by atoms with Crippen molar-refractivity contribution in [2.45, 2.75) is 52.0 Å². The molecule has 2 heterocycles. The van der Waals surface area contributed by atoms with Crippen LogP contribution in [0.3, 0.4) is 0 Å². The van der Waals surface area contributed by atoms with Gasteiger partial charge in [0.05, 0.1) is 5.69 Å². The highest BCUT2D eigenvalue weighted by molar-refractivity contribution is 5.35. The molecular formula is C16H26N4O. The number of rotatable bonds is 1. The molecule has 2 aliphatic rings. The first-order valence-corrected chi connectivity index (χ1v) is 8.07. The van der Waals surface area contributed by atoms with E-state index in [1.807, 2.05) is 0 Å². The molecule has 21 heavy (non-hydrogen) atoms. The molecule has 116 valence electrons. The highest BCUT2D eigenvalue weighted by Crippen LogP contribution is 2.21. The largest absolute Gasteiger partial charge is 0.340 e. The molecule has 1 N–H and O–H groups in total. The quantitative estimate of drug-likeness (QED) is 0.853. The summed E-state index contributed by atoms with van der Waals surface area (Å²) < 4.78 is 0. The number of aromatic amines is 1. The lowest BCUT2D eigenvalue weighted by Gasteiger charge is -2.42. The first-order valence-electron chi connectivity index (χ1n) is 8.07. The molecule has 3 rings (SSSR count). The van der Waals surface area contributed by atoms with E-state index in [1.54, 1.807) is 0 Å². The first kappa shape index (κ1) is 14.6. The second-order valence-electron chi connectivity index (χ2n) is 7.17. The third-order valence-corrected chi connectivity index (χ3v) is 4.71. The van der Waals surface area contributed by atoms with E-state index in [-0.39, 0.29) is 11.1 Å². The Morgan fingerprint density at radius 2 is 1.71 bits per heavy atom. The minimum atomic E-state index is 0.0768. The number of nitrogens with zero attached hydrogens (tertiary/aromatic N) is 3. The molecule has 0 radical (unpaired) electrons. The summed E-state index contributed by atoms with van der Waals surface area (Å²) in [6, 6.07) is 0. The van der Waals surface area contributed by atoms with Gasteiger partial charge in [0.15, 0.2) is 0 Å². The summed E-state index contributed by atoms with van der Waals surface area (Å²) in [5.41, 5.74) is 2.23. The van der Waals surface area contributed by atoms with Gasteiger partial charge in [-0.1, -0.05) is 0 Å². The van der Waals surface area contributed by atoms with Crippen molar-refractivity contribution >= 4 is 5.95 Å². The Morgan fingerprint density at radius 1 is 1.05 bits per heavy atom. The Kier molecular flexibility index (Phi) is 3.78. The molecule has 5 heteroatoms. The molecule has 0 spiro atoms. The molecule has 0 aromatic carbocycles. The number of hydrogen-bond donors (Lipinski definition) is 1. The van der Waals surface area contributed by atoms with Crippen LogP contribution in [0.4, 0.5) is 5.95 Å². The summed E-state index contributed by atoms with van der Waals surface area (Å²) in [5.74, 6) is 0.772. The van der Waals surface area contributed by atoms with Gasteiger partial charge in [-0.15, -0.1) is 0 Å². The second-order valence-corrected chi connectivity index (χ2v) is 7.17. The van der Waals surface area contributed by atoms with Crippen LogP contribution in [-0.4, -0.2) is 46.6 Å². The molecule has 1 aromatic rings. The molecule has 0 unspecified atom stereocenters. The summed E-state index contributed by atoms with van der Waals surface area (Å²) in [6.07, 6.45) is 4.10. The number of anilines is 1. The molecule has 0 amide bonds. The summed E-state index contributed by atoms with van der Waals surface area (Å²) in [7, 11) is 0. The van der Waals surface area contributed by atoms with E-state index in [4.69, 9.17) is 4.98 Å². The number of fused-ring (bicyclic) bond motifs is 1. The number of nitrogens with one attached hydrogen (secondary N) is 1. The minimum absolute atomic E-state index is 0.0768. The van der Waals surface area contributed by atoms with Gasteiger partial charge in [0.25, 0.3) is 5.56 Å². The van der Waals surface area contributed by atoms with Gasteiger partial charge < -0.3 is 4.90 Å². The van der Waals surface area contributed by atoms with Crippen LogP contribution in [0.5, 0.6) is 0 Å². The standard InChI is InChI=1S/C16H26N4O/c1-16(2,3)20-10-8-19(9-11-20)15-17-13-7-5-4-6-12(13)14(21)18-15/h4-11H2,1-3H3,(H,17,18,21). The Balaban J connectivity index is 1.77. The van der Waals surface area contributed by atoms with Crippen molar-refractivity contribution in [2.24, 2.45) is 0 Å². The Morgan fingerprint density at radius 3 is 2.38 bits per heavy atom. The van der Waals surface area contributed by atoms with Crippen molar-refractivity contribution in [1.29, 1.82) is 0 Å². The Labute approximate surface area is 126 Å². The summed E-state index contributed by atoms with van der Waals surface area (Å²) in [4.78, 5) is 24.7. The highest BCUT2D eigenvalue weighted by atomic mass is 16.1. The molecule has 0 atom stereocenters. The van der Waals surface area contributed by atoms with Crippen LogP contribution < -0.4 is 10.5 Å². The van der Waals surface area contributed by atoms with Crippen LogP contribution in [0.1, 0.15) is 44.9 Å². The Hall–Kier alpha value is -1.36. The summed E-state index contributed by atoms with van der Waals surface area (Å²) in [5, 5.41) is 0. The summed E-state index contributed by atoms with van der Waals surface area (Å²) >= 11 is 0. The van der Waals surface area contributed by atoms with Gasteiger partial charge in [-0.3, -0.25) is 14.7 Å². The highest BCUT2D eigenvalue weighted by Gasteiger charge is 2.27. The molecule has 1 aromatic heterocycles. The second kappa shape index (κ2) is 5.44. The molecule has 1 aliphatic carbocycles. The lowest BCUT2D eigenvalue weighted by atomic mass is 9.97. The van der Waals surface area contributed by atoms with Crippen LogP contribution >= 0.6 is 0 Å². The van der Waals surface area contributed by atoms with Crippen molar-refractivity contribution in [3.05, 3.63) is 21.6 Å². The van der Waals surface area contributed by atoms with Crippen molar-refractivity contribution in [1.82, 2.24) is 14.9 Å². The van der Waals surface area contributed by atoms with Crippen LogP contribution in [-0.2, 0) is 12.8 Å². The van der Waals surface area contributed by atoms with Crippen LogP contribution in [0.15, 0.2) is 4.79 Å². The molecule has 0 saturated carbocycles. The number of aryl methyl sites for hydroxylation is 1. The number of aromatic nitrogens is 2. The SMILES string of the molecule is CC(C)(C)N1CCN(c2nc3c(c(=O)[nH]2)CCCC3)CC1. The first-order chi connectivity index (χ1) is 9.95. The zero-order valence-electron chi connectivity index (χ0n) is 13.4. The lowest BCUT2D eigenvalue weighted by Crippen LogP contribution is -2.54. The normalized spacial score (nSPS) is 20.4. The lowest BCUT2D eigenvalue weighted by molar-refractivity contribution is 0.128. The van der Waals surface area contributed by atoms with Crippen molar-refractivity contribution in [2.75, 3.05) is 31.1 Å². The smallest absolute Gasteiger partial charge is 0.255 e. The van der Waals surface area contributed by atoms with E-state index in [0.29, 0.717) is 0 Å². The fraction of sp³-hybridized carbons (Fsp3) is 0.750. The average Bonchev–Trinajstić information content (AvgIpc) is 2.46. The van der Waals surface area contributed by atoms with E-state index in [2.05, 4.69) is 35.6 Å². The van der Waals surface area contributed by atoms with Crippen LogP contribution in [0, 0.1) is 0 Å². The zero-order valence-corrected chi connectivity index (χ0v) is 13.4. The maximum atomic E-state index is 12.2. The van der Waals surface area contributed by atoms with E-state index < -0.39 is 0 Å². The van der Waals surface area contributed by atoms with Gasteiger partial charge in [-0.2, -0.15) is 0 Å². The van der Waals surface area contributed by atoms with Crippen LogP contribution in [0.25, 0.3) is 0 Å². The predicted molar refractivity (Wildman–Crippen MR) is 85.0 cm³/mol. The molecule has 1 fully saturated rings.